The number of rotatable bonds is 4. The Morgan fingerprint density at radius 3 is 2.57 bits per heavy atom. The van der Waals surface area contributed by atoms with Crippen LogP contribution in [-0.2, 0) is 6.61 Å². The van der Waals surface area contributed by atoms with Gasteiger partial charge in [-0.15, -0.1) is 0 Å². The smallest absolute Gasteiger partial charge is 0.145 e. The molecule has 0 spiro atoms. The van der Waals surface area contributed by atoms with Crippen LogP contribution in [0.15, 0.2) is 35.5 Å². The van der Waals surface area contributed by atoms with Crippen LogP contribution >= 0.6 is 0 Å². The van der Waals surface area contributed by atoms with E-state index in [1.54, 1.807) is 19.3 Å². The van der Waals surface area contributed by atoms with Gasteiger partial charge in [0.1, 0.15) is 5.75 Å². The van der Waals surface area contributed by atoms with Gasteiger partial charge in [0, 0.05) is 42.3 Å². The zero-order valence-corrected chi connectivity index (χ0v) is 13.2. The summed E-state index contributed by atoms with van der Waals surface area (Å²) in [7, 11) is 0. The Kier molecular flexibility index (Phi) is 4.57. The van der Waals surface area contributed by atoms with E-state index in [-0.39, 0.29) is 12.4 Å². The first-order valence-corrected chi connectivity index (χ1v) is 7.86. The van der Waals surface area contributed by atoms with Crippen molar-refractivity contribution in [2.75, 3.05) is 18.0 Å². The molecule has 0 amide bonds. The molecule has 2 N–H and O–H groups in total. The molecular weight excluding hydrogens is 290 g/mol. The molecule has 0 saturated carbocycles. The molecule has 120 valence electrons. The molecule has 2 heterocycles. The molecule has 0 aliphatic carbocycles. The Bertz CT molecular complexity index is 705. The Morgan fingerprint density at radius 1 is 1.22 bits per heavy atom. The molecular formula is C18H21N3O2. The fourth-order valence-electron chi connectivity index (χ4n) is 2.79. The van der Waals surface area contributed by atoms with Crippen molar-refractivity contribution >= 4 is 17.6 Å². The number of nitrogens with zero attached hydrogens (tertiary/aromatic N) is 3. The molecule has 0 radical (unpaired) electrons. The van der Waals surface area contributed by atoms with E-state index in [4.69, 9.17) is 0 Å². The molecule has 1 aromatic heterocycles. The summed E-state index contributed by atoms with van der Waals surface area (Å²) in [5, 5.41) is 19.5. The first-order valence-electron chi connectivity index (χ1n) is 7.86. The van der Waals surface area contributed by atoms with E-state index in [0.717, 1.165) is 18.8 Å². The van der Waals surface area contributed by atoms with Gasteiger partial charge in [0.05, 0.1) is 18.0 Å². The predicted octanol–water partition coefficient (Wildman–Crippen LogP) is 2.94. The van der Waals surface area contributed by atoms with Crippen molar-refractivity contribution in [3.63, 3.8) is 0 Å². The Balaban J connectivity index is 1.81. The highest BCUT2D eigenvalue weighted by Crippen LogP contribution is 2.25. The van der Waals surface area contributed by atoms with Crippen LogP contribution in [0.1, 0.15) is 29.7 Å². The van der Waals surface area contributed by atoms with E-state index >= 15 is 0 Å². The monoisotopic (exact) mass is 311 g/mol. The topological polar surface area (TPSA) is 69.0 Å². The summed E-state index contributed by atoms with van der Waals surface area (Å²) in [6.45, 7) is 3.77. The van der Waals surface area contributed by atoms with E-state index < -0.39 is 0 Å². The third kappa shape index (κ3) is 3.35. The summed E-state index contributed by atoms with van der Waals surface area (Å²) in [5.41, 5.74) is 3.63. The summed E-state index contributed by atoms with van der Waals surface area (Å²) in [6.07, 6.45) is 5.66. The second-order valence-electron chi connectivity index (χ2n) is 5.76. The number of aromatic nitrogens is 1. The fourth-order valence-corrected chi connectivity index (χ4v) is 2.79. The number of hydrogen-bond donors (Lipinski definition) is 2. The van der Waals surface area contributed by atoms with Crippen molar-refractivity contribution < 1.29 is 10.2 Å². The van der Waals surface area contributed by atoms with Gasteiger partial charge >= 0.3 is 0 Å². The summed E-state index contributed by atoms with van der Waals surface area (Å²) in [4.78, 5) is 10.8. The normalized spacial score (nSPS) is 14.8. The lowest BCUT2D eigenvalue weighted by atomic mass is 10.1. The molecule has 5 heteroatoms. The van der Waals surface area contributed by atoms with Crippen molar-refractivity contribution in [3.8, 4) is 5.75 Å². The first kappa shape index (κ1) is 15.5. The minimum atomic E-state index is -0.184. The number of anilines is 1. The van der Waals surface area contributed by atoms with Gasteiger partial charge in [-0.3, -0.25) is 9.98 Å². The highest BCUT2D eigenvalue weighted by molar-refractivity contribution is 5.87. The second-order valence-corrected chi connectivity index (χ2v) is 5.76. The van der Waals surface area contributed by atoms with Gasteiger partial charge in [0.2, 0.25) is 0 Å². The number of aliphatic hydroxyl groups is 1. The van der Waals surface area contributed by atoms with Crippen molar-refractivity contribution in [2.45, 2.75) is 26.4 Å². The molecule has 23 heavy (non-hydrogen) atoms. The highest BCUT2D eigenvalue weighted by Gasteiger charge is 2.12. The maximum Gasteiger partial charge on any atom is 0.145 e. The van der Waals surface area contributed by atoms with Crippen molar-refractivity contribution in [1.82, 2.24) is 4.98 Å². The average Bonchev–Trinajstić information content (AvgIpc) is 3.11. The van der Waals surface area contributed by atoms with Gasteiger partial charge in [0.25, 0.3) is 0 Å². The predicted molar refractivity (Wildman–Crippen MR) is 91.7 cm³/mol. The first-order chi connectivity index (χ1) is 11.2. The molecule has 5 nitrogen and oxygen atoms in total. The third-order valence-electron chi connectivity index (χ3n) is 4.19. The number of aliphatic hydroxyl groups excluding tert-OH is 1. The highest BCUT2D eigenvalue weighted by atomic mass is 16.3. The summed E-state index contributed by atoms with van der Waals surface area (Å²) in [5.74, 6) is 0.0639. The van der Waals surface area contributed by atoms with E-state index in [9.17, 15) is 10.2 Å². The maximum atomic E-state index is 10.1. The lowest BCUT2D eigenvalue weighted by Crippen LogP contribution is -2.17. The van der Waals surface area contributed by atoms with Gasteiger partial charge in [-0.1, -0.05) is 0 Å². The van der Waals surface area contributed by atoms with Crippen LogP contribution in [0.4, 0.5) is 11.4 Å². The van der Waals surface area contributed by atoms with Crippen LogP contribution in [0.25, 0.3) is 0 Å². The summed E-state index contributed by atoms with van der Waals surface area (Å²) >= 11 is 0. The zero-order chi connectivity index (χ0) is 16.2. The molecule has 0 atom stereocenters. The Hall–Kier alpha value is -2.40. The number of aryl methyl sites for hydroxylation is 1. The molecule has 0 bridgehead atoms. The average molecular weight is 311 g/mol. The van der Waals surface area contributed by atoms with Crippen molar-refractivity contribution in [1.29, 1.82) is 0 Å². The largest absolute Gasteiger partial charge is 0.505 e. The minimum Gasteiger partial charge on any atom is -0.505 e. The van der Waals surface area contributed by atoms with Crippen LogP contribution in [0.3, 0.4) is 0 Å². The third-order valence-corrected chi connectivity index (χ3v) is 4.19. The molecule has 2 aromatic rings. The van der Waals surface area contributed by atoms with Gasteiger partial charge in [0.15, 0.2) is 0 Å². The molecule has 0 unspecified atom stereocenters. The fraction of sp³-hybridized carbons (Fsp3) is 0.333. The van der Waals surface area contributed by atoms with Gasteiger partial charge < -0.3 is 15.1 Å². The van der Waals surface area contributed by atoms with Crippen LogP contribution in [-0.4, -0.2) is 34.5 Å². The SMILES string of the molecule is Cc1ncc(CO)c(C=Nc2ccc(N3CCCC3)cc2)c1O. The van der Waals surface area contributed by atoms with Crippen LogP contribution in [0.2, 0.25) is 0 Å². The maximum absolute atomic E-state index is 10.1. The van der Waals surface area contributed by atoms with E-state index in [1.165, 1.54) is 18.5 Å². The van der Waals surface area contributed by atoms with Crippen molar-refractivity contribution in [2.24, 2.45) is 4.99 Å². The summed E-state index contributed by atoms with van der Waals surface area (Å²) in [6, 6.07) is 8.08. The van der Waals surface area contributed by atoms with Gasteiger partial charge in [-0.25, -0.2) is 0 Å². The summed E-state index contributed by atoms with van der Waals surface area (Å²) < 4.78 is 0. The number of benzene rings is 1. The number of pyridine rings is 1. The minimum absolute atomic E-state index is 0.0639. The molecule has 3 rings (SSSR count). The van der Waals surface area contributed by atoms with E-state index in [1.807, 2.05) is 12.1 Å². The van der Waals surface area contributed by atoms with Crippen LogP contribution in [0, 0.1) is 6.92 Å². The van der Waals surface area contributed by atoms with Gasteiger partial charge in [-0.2, -0.15) is 0 Å². The Morgan fingerprint density at radius 2 is 1.91 bits per heavy atom. The van der Waals surface area contributed by atoms with Crippen molar-refractivity contribution in [3.05, 3.63) is 47.3 Å². The van der Waals surface area contributed by atoms with Crippen LogP contribution in [0.5, 0.6) is 5.75 Å². The van der Waals surface area contributed by atoms with Gasteiger partial charge in [-0.05, 0) is 44.0 Å². The molecule has 1 saturated heterocycles. The van der Waals surface area contributed by atoms with E-state index in [2.05, 4.69) is 27.0 Å². The number of aromatic hydroxyl groups is 1. The van der Waals surface area contributed by atoms with Crippen LogP contribution < -0.4 is 4.90 Å². The molecule has 1 fully saturated rings. The molecule has 1 aliphatic heterocycles. The second kappa shape index (κ2) is 6.79. The lowest BCUT2D eigenvalue weighted by molar-refractivity contribution is 0.280. The quantitative estimate of drug-likeness (QED) is 0.852. The number of aliphatic imine (C=N–C) groups is 1. The molecule has 1 aliphatic rings. The zero-order valence-electron chi connectivity index (χ0n) is 13.2. The Labute approximate surface area is 136 Å². The van der Waals surface area contributed by atoms with E-state index in [0.29, 0.717) is 16.8 Å². The molecule has 1 aromatic carbocycles. The lowest BCUT2D eigenvalue weighted by Gasteiger charge is -2.17. The number of hydrogen-bond acceptors (Lipinski definition) is 5. The standard InChI is InChI=1S/C18H21N3O2/c1-13-18(23)17(14(12-22)10-19-13)11-20-15-4-6-16(7-5-15)21-8-2-3-9-21/h4-7,10-11,22-23H,2-3,8-9,12H2,1H3.